The number of alkyl halides is 1. The molecule has 1 unspecified atom stereocenters. The van der Waals surface area contributed by atoms with E-state index in [0.717, 1.165) is 25.7 Å². The molecule has 1 aromatic heterocycles. The molecule has 22 heavy (non-hydrogen) atoms. The lowest BCUT2D eigenvalue weighted by atomic mass is 10.00. The molecule has 120 valence electrons. The van der Waals surface area contributed by atoms with Gasteiger partial charge in [0.05, 0.1) is 12.7 Å². The van der Waals surface area contributed by atoms with E-state index in [1.54, 1.807) is 20.2 Å². The SMILES string of the molecule is CCC1(F)CN(C2CCCC2)c2nc(C)ncc2N(C)C1=O. The summed E-state index contributed by atoms with van der Waals surface area (Å²) in [5.74, 6) is 0.845. The molecule has 1 fully saturated rings. The van der Waals surface area contributed by atoms with Crippen LogP contribution in [0.1, 0.15) is 44.9 Å². The van der Waals surface area contributed by atoms with Gasteiger partial charge >= 0.3 is 0 Å². The summed E-state index contributed by atoms with van der Waals surface area (Å²) >= 11 is 0. The Bertz CT molecular complexity index is 588. The van der Waals surface area contributed by atoms with Gasteiger partial charge in [-0.05, 0) is 26.2 Å². The number of halogens is 1. The van der Waals surface area contributed by atoms with Gasteiger partial charge in [0, 0.05) is 13.1 Å². The summed E-state index contributed by atoms with van der Waals surface area (Å²) in [4.78, 5) is 24.7. The number of amides is 1. The summed E-state index contributed by atoms with van der Waals surface area (Å²) in [6.45, 7) is 3.63. The lowest BCUT2D eigenvalue weighted by molar-refractivity contribution is -0.129. The van der Waals surface area contributed by atoms with Gasteiger partial charge in [-0.15, -0.1) is 0 Å². The van der Waals surface area contributed by atoms with Crippen LogP contribution in [0, 0.1) is 6.92 Å². The zero-order chi connectivity index (χ0) is 15.9. The zero-order valence-corrected chi connectivity index (χ0v) is 13.5. The maximum Gasteiger partial charge on any atom is 0.266 e. The summed E-state index contributed by atoms with van der Waals surface area (Å²) in [6.07, 6.45) is 6.16. The molecule has 0 aromatic carbocycles. The molecule has 1 aliphatic heterocycles. The maximum absolute atomic E-state index is 15.3. The predicted molar refractivity (Wildman–Crippen MR) is 83.9 cm³/mol. The van der Waals surface area contributed by atoms with Crippen molar-refractivity contribution in [1.29, 1.82) is 0 Å². The molecule has 2 aliphatic rings. The van der Waals surface area contributed by atoms with E-state index < -0.39 is 11.6 Å². The van der Waals surface area contributed by atoms with Crippen LogP contribution in [0.5, 0.6) is 0 Å². The Morgan fingerprint density at radius 3 is 2.73 bits per heavy atom. The van der Waals surface area contributed by atoms with Crippen molar-refractivity contribution in [2.24, 2.45) is 0 Å². The van der Waals surface area contributed by atoms with Gasteiger partial charge < -0.3 is 9.80 Å². The predicted octanol–water partition coefficient (Wildman–Crippen LogP) is 2.63. The minimum Gasteiger partial charge on any atom is -0.348 e. The van der Waals surface area contributed by atoms with E-state index in [1.165, 1.54) is 4.90 Å². The molecule has 1 amide bonds. The van der Waals surface area contributed by atoms with Crippen LogP contribution in [0.15, 0.2) is 6.20 Å². The number of aromatic nitrogens is 2. The lowest BCUT2D eigenvalue weighted by Gasteiger charge is -2.33. The van der Waals surface area contributed by atoms with Crippen molar-refractivity contribution in [2.45, 2.75) is 57.7 Å². The highest BCUT2D eigenvalue weighted by atomic mass is 19.1. The van der Waals surface area contributed by atoms with Crippen LogP contribution in [-0.4, -0.2) is 41.2 Å². The van der Waals surface area contributed by atoms with Gasteiger partial charge in [-0.25, -0.2) is 14.4 Å². The first-order valence-electron chi connectivity index (χ1n) is 8.03. The van der Waals surface area contributed by atoms with E-state index in [-0.39, 0.29) is 19.0 Å². The molecular formula is C16H23FN4O. The van der Waals surface area contributed by atoms with Gasteiger partial charge in [-0.3, -0.25) is 4.79 Å². The zero-order valence-electron chi connectivity index (χ0n) is 13.5. The fourth-order valence-corrected chi connectivity index (χ4v) is 3.50. The van der Waals surface area contributed by atoms with Crippen LogP contribution in [0.2, 0.25) is 0 Å². The molecule has 2 heterocycles. The smallest absolute Gasteiger partial charge is 0.266 e. The molecule has 0 saturated heterocycles. The summed E-state index contributed by atoms with van der Waals surface area (Å²) < 4.78 is 15.3. The number of carbonyl (C=O) groups excluding carboxylic acids is 1. The Kier molecular flexibility index (Phi) is 3.78. The normalized spacial score (nSPS) is 26.3. The Morgan fingerprint density at radius 1 is 1.41 bits per heavy atom. The standard InChI is InChI=1S/C16H23FN4O/c1-4-16(17)10-21(12-7-5-6-8-12)14-13(20(3)15(16)22)9-18-11(2)19-14/h9,12H,4-8,10H2,1-3H3. The molecule has 3 rings (SSSR count). The van der Waals surface area contributed by atoms with E-state index in [4.69, 9.17) is 0 Å². The van der Waals surface area contributed by atoms with E-state index in [9.17, 15) is 4.79 Å². The highest BCUT2D eigenvalue weighted by Gasteiger charge is 2.46. The highest BCUT2D eigenvalue weighted by Crippen LogP contribution is 2.39. The van der Waals surface area contributed by atoms with Crippen LogP contribution >= 0.6 is 0 Å². The molecule has 0 N–H and O–H groups in total. The highest BCUT2D eigenvalue weighted by molar-refractivity contribution is 6.02. The van der Waals surface area contributed by atoms with Crippen LogP contribution in [0.25, 0.3) is 0 Å². The number of rotatable bonds is 2. The second-order valence-corrected chi connectivity index (χ2v) is 6.38. The van der Waals surface area contributed by atoms with Crippen molar-refractivity contribution in [3.8, 4) is 0 Å². The van der Waals surface area contributed by atoms with Gasteiger partial charge in [0.2, 0.25) is 5.67 Å². The molecule has 1 aliphatic carbocycles. The molecular weight excluding hydrogens is 283 g/mol. The quantitative estimate of drug-likeness (QED) is 0.843. The van der Waals surface area contributed by atoms with Gasteiger partial charge in [-0.2, -0.15) is 0 Å². The van der Waals surface area contributed by atoms with E-state index >= 15 is 4.39 Å². The van der Waals surface area contributed by atoms with Crippen molar-refractivity contribution >= 4 is 17.4 Å². The van der Waals surface area contributed by atoms with Crippen LogP contribution in [0.3, 0.4) is 0 Å². The maximum atomic E-state index is 15.3. The Hall–Kier alpha value is -1.72. The second kappa shape index (κ2) is 5.48. The van der Waals surface area contributed by atoms with E-state index in [2.05, 4.69) is 9.97 Å². The molecule has 0 spiro atoms. The number of nitrogens with zero attached hydrogens (tertiary/aromatic N) is 4. The Labute approximate surface area is 130 Å². The van der Waals surface area contributed by atoms with Crippen LogP contribution in [-0.2, 0) is 4.79 Å². The second-order valence-electron chi connectivity index (χ2n) is 6.38. The van der Waals surface area contributed by atoms with E-state index in [1.807, 2.05) is 11.8 Å². The molecule has 0 bridgehead atoms. The lowest BCUT2D eigenvalue weighted by Crippen LogP contribution is -2.50. The molecule has 6 heteroatoms. The fraction of sp³-hybridized carbons (Fsp3) is 0.688. The van der Waals surface area contributed by atoms with E-state index in [0.29, 0.717) is 17.3 Å². The number of hydrogen-bond donors (Lipinski definition) is 0. The van der Waals surface area contributed by atoms with Crippen LogP contribution < -0.4 is 9.80 Å². The number of fused-ring (bicyclic) bond motifs is 1. The van der Waals surface area contributed by atoms with Gasteiger partial charge in [-0.1, -0.05) is 19.8 Å². The van der Waals surface area contributed by atoms with Crippen molar-refractivity contribution in [3.63, 3.8) is 0 Å². The van der Waals surface area contributed by atoms with Crippen molar-refractivity contribution in [1.82, 2.24) is 9.97 Å². The minimum atomic E-state index is -1.87. The van der Waals surface area contributed by atoms with Crippen molar-refractivity contribution in [3.05, 3.63) is 12.0 Å². The first-order chi connectivity index (χ1) is 10.5. The number of anilines is 2. The minimum absolute atomic E-state index is 0.0841. The first-order valence-corrected chi connectivity index (χ1v) is 8.03. The monoisotopic (exact) mass is 306 g/mol. The number of carbonyl (C=O) groups is 1. The largest absolute Gasteiger partial charge is 0.348 e. The average Bonchev–Trinajstić information content (AvgIpc) is 3.02. The van der Waals surface area contributed by atoms with Gasteiger partial charge in [0.15, 0.2) is 5.82 Å². The van der Waals surface area contributed by atoms with Crippen LogP contribution in [0.4, 0.5) is 15.9 Å². The topological polar surface area (TPSA) is 49.3 Å². The third-order valence-corrected chi connectivity index (χ3v) is 4.94. The third kappa shape index (κ3) is 2.34. The molecule has 1 aromatic rings. The average molecular weight is 306 g/mol. The number of aryl methyl sites for hydroxylation is 1. The van der Waals surface area contributed by atoms with Crippen molar-refractivity contribution < 1.29 is 9.18 Å². The summed E-state index contributed by atoms with van der Waals surface area (Å²) in [6, 6.07) is 0.258. The van der Waals surface area contributed by atoms with Gasteiger partial charge in [0.1, 0.15) is 11.5 Å². The third-order valence-electron chi connectivity index (χ3n) is 4.94. The molecule has 5 nitrogen and oxygen atoms in total. The molecule has 1 saturated carbocycles. The molecule has 1 atom stereocenters. The summed E-state index contributed by atoms with van der Waals surface area (Å²) in [7, 11) is 1.61. The number of hydrogen-bond acceptors (Lipinski definition) is 4. The first kappa shape index (κ1) is 15.2. The summed E-state index contributed by atoms with van der Waals surface area (Å²) in [5.41, 5.74) is -1.26. The Balaban J connectivity index is 2.12. The fourth-order valence-electron chi connectivity index (χ4n) is 3.50. The Morgan fingerprint density at radius 2 is 2.09 bits per heavy atom. The van der Waals surface area contributed by atoms with Gasteiger partial charge in [0.25, 0.3) is 5.91 Å². The van der Waals surface area contributed by atoms with Crippen molar-refractivity contribution in [2.75, 3.05) is 23.4 Å². The summed E-state index contributed by atoms with van der Waals surface area (Å²) in [5, 5.41) is 0. The molecule has 0 radical (unpaired) electrons.